The molecule has 0 bridgehead atoms. The zero-order chi connectivity index (χ0) is 25.5. The van der Waals surface area contributed by atoms with Crippen molar-refractivity contribution in [2.24, 2.45) is 5.92 Å². The monoisotopic (exact) mass is 530 g/mol. The molecule has 0 spiro atoms. The number of nitrogens with one attached hydrogen (secondary N) is 1. The number of halogens is 2. The van der Waals surface area contributed by atoms with Gasteiger partial charge in [-0.1, -0.05) is 41.7 Å². The van der Waals surface area contributed by atoms with Crippen molar-refractivity contribution >= 4 is 40.8 Å². The fourth-order valence-corrected chi connectivity index (χ4v) is 4.52. The van der Waals surface area contributed by atoms with E-state index in [1.807, 2.05) is 6.92 Å². The van der Waals surface area contributed by atoms with Gasteiger partial charge in [-0.2, -0.15) is 4.98 Å². The summed E-state index contributed by atoms with van der Waals surface area (Å²) in [6, 6.07) is 11.9. The zero-order valence-electron chi connectivity index (χ0n) is 20.0. The van der Waals surface area contributed by atoms with Crippen LogP contribution in [-0.2, 0) is 16.1 Å². The second kappa shape index (κ2) is 12.3. The van der Waals surface area contributed by atoms with Crippen molar-refractivity contribution in [3.05, 3.63) is 64.0 Å². The minimum atomic E-state index is -0.355. The number of carbonyl (C=O) groups is 2. The van der Waals surface area contributed by atoms with E-state index in [0.717, 1.165) is 32.2 Å². The summed E-state index contributed by atoms with van der Waals surface area (Å²) in [5.74, 6) is 0.267. The molecule has 0 radical (unpaired) electrons. The molecule has 1 N–H and O–H groups in total. The van der Waals surface area contributed by atoms with Crippen molar-refractivity contribution in [2.45, 2.75) is 39.2 Å². The van der Waals surface area contributed by atoms with Gasteiger partial charge in [0.15, 0.2) is 0 Å². The van der Waals surface area contributed by atoms with Crippen LogP contribution in [0.3, 0.4) is 0 Å². The highest BCUT2D eigenvalue weighted by atomic mass is 35.5. The summed E-state index contributed by atoms with van der Waals surface area (Å²) < 4.78 is 10.6. The summed E-state index contributed by atoms with van der Waals surface area (Å²) in [5, 5.41) is 7.98. The van der Waals surface area contributed by atoms with E-state index < -0.39 is 0 Å². The molecule has 1 amide bonds. The molecule has 1 saturated heterocycles. The molecule has 0 aliphatic carbocycles. The van der Waals surface area contributed by atoms with Gasteiger partial charge in [0.2, 0.25) is 17.6 Å². The van der Waals surface area contributed by atoms with E-state index in [0.29, 0.717) is 58.3 Å². The average Bonchev–Trinajstić information content (AvgIpc) is 3.32. The van der Waals surface area contributed by atoms with Crippen LogP contribution in [0.15, 0.2) is 47.0 Å². The van der Waals surface area contributed by atoms with Gasteiger partial charge in [-0.05, 0) is 68.3 Å². The Labute approximate surface area is 219 Å². The van der Waals surface area contributed by atoms with Gasteiger partial charge in [0.05, 0.1) is 29.7 Å². The second-order valence-electron chi connectivity index (χ2n) is 8.77. The van der Waals surface area contributed by atoms with Gasteiger partial charge in [-0.15, -0.1) is 0 Å². The first-order valence-electron chi connectivity index (χ1n) is 12.0. The summed E-state index contributed by atoms with van der Waals surface area (Å²) in [5.41, 5.74) is 1.75. The normalized spacial score (nSPS) is 16.0. The first-order chi connectivity index (χ1) is 17.4. The molecule has 0 saturated carbocycles. The Morgan fingerprint density at radius 3 is 2.75 bits per heavy atom. The van der Waals surface area contributed by atoms with Crippen molar-refractivity contribution < 1.29 is 18.8 Å². The third-order valence-electron chi connectivity index (χ3n) is 5.99. The number of rotatable bonds is 9. The number of hydrogen-bond acceptors (Lipinski definition) is 7. The lowest BCUT2D eigenvalue weighted by Crippen LogP contribution is -2.40. The summed E-state index contributed by atoms with van der Waals surface area (Å²) >= 11 is 12.2. The number of unbranched alkanes of at least 4 members (excludes halogenated alkanes) is 1. The minimum Gasteiger partial charge on any atom is -0.462 e. The van der Waals surface area contributed by atoms with E-state index in [4.69, 9.17) is 32.5 Å². The molecule has 190 valence electrons. The van der Waals surface area contributed by atoms with Gasteiger partial charge < -0.3 is 14.6 Å². The number of anilines is 1. The van der Waals surface area contributed by atoms with E-state index in [1.165, 1.54) is 0 Å². The molecule has 1 aliphatic rings. The van der Waals surface area contributed by atoms with Crippen LogP contribution in [0, 0.1) is 5.92 Å². The number of piperidine rings is 1. The number of carbonyl (C=O) groups excluding carboxylic acids is 2. The number of esters is 1. The maximum atomic E-state index is 12.9. The summed E-state index contributed by atoms with van der Waals surface area (Å²) in [6.45, 7) is 4.30. The highest BCUT2D eigenvalue weighted by Gasteiger charge is 2.27. The van der Waals surface area contributed by atoms with Crippen LogP contribution >= 0.6 is 23.2 Å². The predicted molar refractivity (Wildman–Crippen MR) is 138 cm³/mol. The largest absolute Gasteiger partial charge is 0.462 e. The third-order valence-corrected chi connectivity index (χ3v) is 6.54. The van der Waals surface area contributed by atoms with Crippen molar-refractivity contribution in [3.63, 3.8) is 0 Å². The fourth-order valence-electron chi connectivity index (χ4n) is 4.03. The number of nitrogens with zero attached hydrogens (tertiary/aromatic N) is 3. The molecule has 1 aromatic heterocycles. The van der Waals surface area contributed by atoms with Crippen LogP contribution in [0.2, 0.25) is 10.0 Å². The Morgan fingerprint density at radius 2 is 2.00 bits per heavy atom. The quantitative estimate of drug-likeness (QED) is 0.273. The molecule has 10 heteroatoms. The molecule has 4 rings (SSSR count). The molecule has 1 unspecified atom stereocenters. The molecule has 1 aliphatic heterocycles. The van der Waals surface area contributed by atoms with Gasteiger partial charge in [0.1, 0.15) is 0 Å². The fraction of sp³-hybridized carbons (Fsp3) is 0.385. The summed E-state index contributed by atoms with van der Waals surface area (Å²) in [4.78, 5) is 31.6. The SMILES string of the molecule is CCCCOC(=O)c1ccc(NC(=O)C2CCCN(Cc3nc(-c4ccc(Cl)cc4Cl)no3)C2)cc1. The standard InChI is InChI=1S/C26H28Cl2N4O4/c1-2-3-13-35-26(34)17-6-9-20(10-7-17)29-25(33)18-5-4-12-32(15-18)16-23-30-24(31-36-23)21-11-8-19(27)14-22(21)28/h6-11,14,18H,2-5,12-13,15-16H2,1H3,(H,29,33). The van der Waals surface area contributed by atoms with Gasteiger partial charge in [0.25, 0.3) is 0 Å². The van der Waals surface area contributed by atoms with Gasteiger partial charge >= 0.3 is 5.97 Å². The molecule has 1 atom stereocenters. The van der Waals surface area contributed by atoms with Crippen LogP contribution in [0.1, 0.15) is 48.9 Å². The number of ether oxygens (including phenoxy) is 1. The Balaban J connectivity index is 1.30. The van der Waals surface area contributed by atoms with Crippen LogP contribution in [0.5, 0.6) is 0 Å². The first-order valence-corrected chi connectivity index (χ1v) is 12.8. The predicted octanol–water partition coefficient (Wildman–Crippen LogP) is 5.85. The van der Waals surface area contributed by atoms with Crippen molar-refractivity contribution in [3.8, 4) is 11.4 Å². The van der Waals surface area contributed by atoms with Crippen LogP contribution in [0.4, 0.5) is 5.69 Å². The molecular weight excluding hydrogens is 503 g/mol. The lowest BCUT2D eigenvalue weighted by Gasteiger charge is -2.30. The topological polar surface area (TPSA) is 97.6 Å². The lowest BCUT2D eigenvalue weighted by atomic mass is 9.97. The number of likely N-dealkylation sites (tertiary alicyclic amines) is 1. The lowest BCUT2D eigenvalue weighted by molar-refractivity contribution is -0.121. The smallest absolute Gasteiger partial charge is 0.338 e. The van der Waals surface area contributed by atoms with E-state index >= 15 is 0 Å². The molecule has 1 fully saturated rings. The van der Waals surface area contributed by atoms with Crippen molar-refractivity contribution in [1.82, 2.24) is 15.0 Å². The molecule has 3 aromatic rings. The van der Waals surface area contributed by atoms with Gasteiger partial charge in [0, 0.05) is 22.8 Å². The molecular formula is C26H28Cl2N4O4. The van der Waals surface area contributed by atoms with Crippen LogP contribution in [-0.4, -0.2) is 46.6 Å². The van der Waals surface area contributed by atoms with E-state index in [9.17, 15) is 9.59 Å². The molecule has 8 nitrogen and oxygen atoms in total. The maximum Gasteiger partial charge on any atom is 0.338 e. The molecule has 36 heavy (non-hydrogen) atoms. The highest BCUT2D eigenvalue weighted by Crippen LogP contribution is 2.29. The zero-order valence-corrected chi connectivity index (χ0v) is 21.5. The maximum absolute atomic E-state index is 12.9. The average molecular weight is 531 g/mol. The highest BCUT2D eigenvalue weighted by molar-refractivity contribution is 6.36. The number of aromatic nitrogens is 2. The van der Waals surface area contributed by atoms with E-state index in [2.05, 4.69) is 20.4 Å². The first kappa shape index (κ1) is 26.1. The number of benzene rings is 2. The molecule has 2 aromatic carbocycles. The third kappa shape index (κ3) is 6.84. The van der Waals surface area contributed by atoms with Gasteiger partial charge in [-0.25, -0.2) is 4.79 Å². The second-order valence-corrected chi connectivity index (χ2v) is 9.61. The Kier molecular flexibility index (Phi) is 8.96. The van der Waals surface area contributed by atoms with Gasteiger partial charge in [-0.3, -0.25) is 9.69 Å². The molecule has 2 heterocycles. The van der Waals surface area contributed by atoms with Crippen molar-refractivity contribution in [2.75, 3.05) is 25.0 Å². The summed E-state index contributed by atoms with van der Waals surface area (Å²) in [7, 11) is 0. The minimum absolute atomic E-state index is 0.0582. The van der Waals surface area contributed by atoms with Crippen LogP contribution < -0.4 is 5.32 Å². The summed E-state index contributed by atoms with van der Waals surface area (Å²) in [6.07, 6.45) is 3.47. The number of hydrogen-bond donors (Lipinski definition) is 1. The van der Waals surface area contributed by atoms with Crippen LogP contribution in [0.25, 0.3) is 11.4 Å². The Hall–Kier alpha value is -2.94. The number of amides is 1. The van der Waals surface area contributed by atoms with E-state index in [-0.39, 0.29) is 17.8 Å². The van der Waals surface area contributed by atoms with Crippen molar-refractivity contribution in [1.29, 1.82) is 0 Å². The Morgan fingerprint density at radius 1 is 1.19 bits per heavy atom. The van der Waals surface area contributed by atoms with E-state index in [1.54, 1.807) is 42.5 Å². The Bertz CT molecular complexity index is 1200.